The minimum absolute atomic E-state index is 0.0605. The van der Waals surface area contributed by atoms with Gasteiger partial charge in [0.15, 0.2) is 0 Å². The summed E-state index contributed by atoms with van der Waals surface area (Å²) in [5.74, 6) is 1.10. The van der Waals surface area contributed by atoms with Crippen LogP contribution in [0.4, 0.5) is 0 Å². The number of furan rings is 1. The van der Waals surface area contributed by atoms with Crippen molar-refractivity contribution in [2.45, 2.75) is 59.3 Å². The molecule has 0 radical (unpaired) electrons. The van der Waals surface area contributed by atoms with E-state index in [0.29, 0.717) is 0 Å². The number of rotatable bonds is 0. The SMILES string of the molecule is Cc1c(C(C)(C)C)oc2ccc(C(C)(C)C)cc12. The summed E-state index contributed by atoms with van der Waals surface area (Å²) in [5, 5.41) is 1.26. The minimum Gasteiger partial charge on any atom is -0.460 e. The Balaban J connectivity index is 2.68. The lowest BCUT2D eigenvalue weighted by atomic mass is 9.85. The highest BCUT2D eigenvalue weighted by Gasteiger charge is 2.24. The van der Waals surface area contributed by atoms with Gasteiger partial charge in [-0.05, 0) is 35.6 Å². The van der Waals surface area contributed by atoms with E-state index in [1.165, 1.54) is 16.5 Å². The van der Waals surface area contributed by atoms with E-state index in [0.717, 1.165) is 11.3 Å². The largest absolute Gasteiger partial charge is 0.460 e. The van der Waals surface area contributed by atoms with Crippen LogP contribution in [0.2, 0.25) is 0 Å². The van der Waals surface area contributed by atoms with Crippen LogP contribution in [0.15, 0.2) is 22.6 Å². The zero-order valence-electron chi connectivity index (χ0n) is 12.6. The lowest BCUT2D eigenvalue weighted by Gasteiger charge is -2.18. The molecule has 0 aliphatic carbocycles. The van der Waals surface area contributed by atoms with Crippen molar-refractivity contribution in [3.8, 4) is 0 Å². The van der Waals surface area contributed by atoms with Crippen molar-refractivity contribution < 1.29 is 4.42 Å². The van der Waals surface area contributed by atoms with Crippen molar-refractivity contribution in [3.63, 3.8) is 0 Å². The summed E-state index contributed by atoms with van der Waals surface area (Å²) in [6.45, 7) is 15.5. The van der Waals surface area contributed by atoms with Crippen LogP contribution in [0, 0.1) is 6.92 Å². The Labute approximate surface area is 110 Å². The summed E-state index contributed by atoms with van der Waals surface area (Å²) in [6.07, 6.45) is 0. The second-order valence-corrected chi connectivity index (χ2v) is 7.27. The molecule has 0 spiro atoms. The molecule has 0 saturated heterocycles. The van der Waals surface area contributed by atoms with Crippen molar-refractivity contribution in [2.75, 3.05) is 0 Å². The third-order valence-electron chi connectivity index (χ3n) is 3.48. The molecule has 0 bridgehead atoms. The zero-order chi connectivity index (χ0) is 13.7. The summed E-state index contributed by atoms with van der Waals surface area (Å²) in [6, 6.07) is 6.57. The molecule has 0 atom stereocenters. The third kappa shape index (κ3) is 2.19. The molecule has 18 heavy (non-hydrogen) atoms. The number of hydrogen-bond acceptors (Lipinski definition) is 1. The van der Waals surface area contributed by atoms with E-state index in [9.17, 15) is 0 Å². The van der Waals surface area contributed by atoms with E-state index in [1.807, 2.05) is 0 Å². The average Bonchev–Trinajstić information content (AvgIpc) is 2.54. The molecule has 0 fully saturated rings. The summed E-state index contributed by atoms with van der Waals surface area (Å²) >= 11 is 0. The Bertz CT molecular complexity index is 574. The van der Waals surface area contributed by atoms with E-state index in [2.05, 4.69) is 66.7 Å². The van der Waals surface area contributed by atoms with Crippen molar-refractivity contribution in [2.24, 2.45) is 0 Å². The first-order valence-corrected chi connectivity index (χ1v) is 6.65. The van der Waals surface area contributed by atoms with Crippen LogP contribution in [-0.2, 0) is 10.8 Å². The molecule has 0 unspecified atom stereocenters. The fourth-order valence-electron chi connectivity index (χ4n) is 2.40. The standard InChI is InChI=1S/C17H24O/c1-11-13-10-12(16(2,3)4)8-9-14(13)18-15(11)17(5,6)7/h8-10H,1-7H3. The van der Waals surface area contributed by atoms with Crippen LogP contribution in [-0.4, -0.2) is 0 Å². The molecule has 2 rings (SSSR count). The Morgan fingerprint density at radius 1 is 0.889 bits per heavy atom. The van der Waals surface area contributed by atoms with E-state index in [4.69, 9.17) is 4.42 Å². The molecule has 0 saturated carbocycles. The molecule has 1 aromatic heterocycles. The number of benzene rings is 1. The van der Waals surface area contributed by atoms with Crippen LogP contribution in [0.1, 0.15) is 58.4 Å². The van der Waals surface area contributed by atoms with Crippen molar-refractivity contribution in [3.05, 3.63) is 35.1 Å². The number of fused-ring (bicyclic) bond motifs is 1. The normalized spacial score (nSPS) is 13.3. The Morgan fingerprint density at radius 3 is 2.00 bits per heavy atom. The summed E-state index contributed by atoms with van der Waals surface area (Å²) in [7, 11) is 0. The van der Waals surface area contributed by atoms with Gasteiger partial charge < -0.3 is 4.42 Å². The highest BCUT2D eigenvalue weighted by Crippen LogP contribution is 2.35. The van der Waals surface area contributed by atoms with Gasteiger partial charge in [0.1, 0.15) is 11.3 Å². The van der Waals surface area contributed by atoms with Crippen molar-refractivity contribution in [1.82, 2.24) is 0 Å². The maximum atomic E-state index is 6.03. The fraction of sp³-hybridized carbons (Fsp3) is 0.529. The van der Waals surface area contributed by atoms with Gasteiger partial charge >= 0.3 is 0 Å². The van der Waals surface area contributed by atoms with Gasteiger partial charge in [-0.2, -0.15) is 0 Å². The second kappa shape index (κ2) is 3.88. The van der Waals surface area contributed by atoms with Crippen LogP contribution in [0.3, 0.4) is 0 Å². The monoisotopic (exact) mass is 244 g/mol. The molecule has 1 heteroatoms. The summed E-state index contributed by atoms with van der Waals surface area (Å²) < 4.78 is 6.03. The van der Waals surface area contributed by atoms with Crippen LogP contribution in [0.25, 0.3) is 11.0 Å². The fourth-order valence-corrected chi connectivity index (χ4v) is 2.40. The number of aryl methyl sites for hydroxylation is 1. The maximum absolute atomic E-state index is 6.03. The summed E-state index contributed by atoms with van der Waals surface area (Å²) in [5.41, 5.74) is 3.89. The predicted molar refractivity (Wildman–Crippen MR) is 78.4 cm³/mol. The van der Waals surface area contributed by atoms with Gasteiger partial charge in [-0.15, -0.1) is 0 Å². The van der Waals surface area contributed by atoms with Crippen molar-refractivity contribution >= 4 is 11.0 Å². The quantitative estimate of drug-likeness (QED) is 0.610. The first-order chi connectivity index (χ1) is 8.10. The Kier molecular flexibility index (Phi) is 2.84. The molecule has 0 aliphatic rings. The van der Waals surface area contributed by atoms with Gasteiger partial charge in [-0.3, -0.25) is 0 Å². The van der Waals surface area contributed by atoms with E-state index in [-0.39, 0.29) is 10.8 Å². The Hall–Kier alpha value is -1.24. The molecule has 1 heterocycles. The molecule has 0 amide bonds. The maximum Gasteiger partial charge on any atom is 0.134 e. The minimum atomic E-state index is 0.0605. The molecular weight excluding hydrogens is 220 g/mol. The lowest BCUT2D eigenvalue weighted by Crippen LogP contribution is -2.11. The molecule has 1 aromatic carbocycles. The van der Waals surface area contributed by atoms with Crippen molar-refractivity contribution in [1.29, 1.82) is 0 Å². The van der Waals surface area contributed by atoms with E-state index in [1.54, 1.807) is 0 Å². The molecule has 1 nitrogen and oxygen atoms in total. The zero-order valence-corrected chi connectivity index (χ0v) is 12.6. The third-order valence-corrected chi connectivity index (χ3v) is 3.48. The number of hydrogen-bond donors (Lipinski definition) is 0. The van der Waals surface area contributed by atoms with Gasteiger partial charge in [0, 0.05) is 10.8 Å². The van der Waals surface area contributed by atoms with Gasteiger partial charge in [-0.1, -0.05) is 47.6 Å². The first-order valence-electron chi connectivity index (χ1n) is 6.65. The summed E-state index contributed by atoms with van der Waals surface area (Å²) in [4.78, 5) is 0. The average molecular weight is 244 g/mol. The lowest BCUT2D eigenvalue weighted by molar-refractivity contribution is 0.426. The van der Waals surface area contributed by atoms with Crippen LogP contribution >= 0.6 is 0 Å². The van der Waals surface area contributed by atoms with E-state index >= 15 is 0 Å². The topological polar surface area (TPSA) is 13.1 Å². The van der Waals surface area contributed by atoms with Gasteiger partial charge in [0.05, 0.1) is 0 Å². The van der Waals surface area contributed by atoms with Crippen LogP contribution in [0.5, 0.6) is 0 Å². The molecule has 0 N–H and O–H groups in total. The Morgan fingerprint density at radius 2 is 1.50 bits per heavy atom. The van der Waals surface area contributed by atoms with E-state index < -0.39 is 0 Å². The van der Waals surface area contributed by atoms with Gasteiger partial charge in [0.2, 0.25) is 0 Å². The highest BCUT2D eigenvalue weighted by molar-refractivity contribution is 5.83. The molecular formula is C17H24O. The predicted octanol–water partition coefficient (Wildman–Crippen LogP) is 5.34. The van der Waals surface area contributed by atoms with Gasteiger partial charge in [-0.25, -0.2) is 0 Å². The molecule has 0 aliphatic heterocycles. The smallest absolute Gasteiger partial charge is 0.134 e. The van der Waals surface area contributed by atoms with Gasteiger partial charge in [0.25, 0.3) is 0 Å². The molecule has 2 aromatic rings. The molecule has 98 valence electrons. The first kappa shape index (κ1) is 13.2. The van der Waals surface area contributed by atoms with Crippen LogP contribution < -0.4 is 0 Å². The second-order valence-electron chi connectivity index (χ2n) is 7.27. The highest BCUT2D eigenvalue weighted by atomic mass is 16.3.